The number of Topliss-reactive ketones (excluding diaryl/α,β-unsaturated/α-hetero) is 3. The van der Waals surface area contributed by atoms with Crippen molar-refractivity contribution in [1.82, 2.24) is 0 Å². The Morgan fingerprint density at radius 1 is 0.460 bits per heavy atom. The van der Waals surface area contributed by atoms with Crippen molar-refractivity contribution >= 4 is 23.3 Å². The van der Waals surface area contributed by atoms with Crippen molar-refractivity contribution in [3.63, 3.8) is 0 Å². The number of aliphatic hydroxyl groups is 4. The molecular formula is C41H76O9. The molecule has 50 heavy (non-hydrogen) atoms. The molecule has 4 atom stereocenters. The number of hydrogen-bond acceptors (Lipinski definition) is 9. The second-order valence-corrected chi connectivity index (χ2v) is 14.5. The molecule has 0 saturated heterocycles. The van der Waals surface area contributed by atoms with E-state index in [-0.39, 0.29) is 25.7 Å². The Kier molecular flexibility index (Phi) is 28.8. The van der Waals surface area contributed by atoms with Gasteiger partial charge in [-0.2, -0.15) is 0 Å². The molecule has 0 saturated carbocycles. The van der Waals surface area contributed by atoms with Crippen LogP contribution >= 0.6 is 0 Å². The third kappa shape index (κ3) is 18.2. The summed E-state index contributed by atoms with van der Waals surface area (Å²) in [5, 5.41) is 47.2. The van der Waals surface area contributed by atoms with E-state index in [9.17, 15) is 39.6 Å². The van der Waals surface area contributed by atoms with E-state index in [2.05, 4.69) is 27.7 Å². The number of rotatable bonds is 36. The van der Waals surface area contributed by atoms with E-state index in [0.717, 1.165) is 109 Å². The molecular weight excluding hydrogens is 636 g/mol. The van der Waals surface area contributed by atoms with E-state index in [0.29, 0.717) is 44.9 Å². The van der Waals surface area contributed by atoms with Crippen LogP contribution in [0.3, 0.4) is 0 Å². The van der Waals surface area contributed by atoms with Gasteiger partial charge in [0.1, 0.15) is 12.7 Å². The molecule has 0 aliphatic carbocycles. The highest BCUT2D eigenvalue weighted by molar-refractivity contribution is 6.04. The first-order valence-electron chi connectivity index (χ1n) is 20.5. The molecule has 0 spiro atoms. The first kappa shape index (κ1) is 48.3. The lowest BCUT2D eigenvalue weighted by molar-refractivity contribution is -0.232. The molecule has 1 unspecified atom stereocenters. The Balaban J connectivity index is 6.23. The molecule has 0 aromatic rings. The minimum atomic E-state index is -3.32. The van der Waals surface area contributed by atoms with Gasteiger partial charge in [0.25, 0.3) is 0 Å². The number of aliphatic hydroxyl groups excluding tert-OH is 2. The van der Waals surface area contributed by atoms with Gasteiger partial charge in [0.15, 0.2) is 34.7 Å². The summed E-state index contributed by atoms with van der Waals surface area (Å²) in [5.74, 6) is -3.66. The smallest absolute Gasteiger partial charge is 0.305 e. The van der Waals surface area contributed by atoms with Crippen LogP contribution in [0.4, 0.5) is 0 Å². The lowest BCUT2D eigenvalue weighted by Crippen LogP contribution is -2.75. The monoisotopic (exact) mass is 713 g/mol. The van der Waals surface area contributed by atoms with Crippen LogP contribution < -0.4 is 0 Å². The lowest BCUT2D eigenvalue weighted by Gasteiger charge is -2.45. The normalized spacial score (nSPS) is 15.2. The summed E-state index contributed by atoms with van der Waals surface area (Å²) in [5.41, 5.74) is -6.59. The van der Waals surface area contributed by atoms with Gasteiger partial charge < -0.3 is 25.2 Å². The second kappa shape index (κ2) is 29.9. The zero-order valence-electron chi connectivity index (χ0n) is 32.5. The summed E-state index contributed by atoms with van der Waals surface area (Å²) < 4.78 is 5.27. The average Bonchev–Trinajstić information content (AvgIpc) is 3.11. The fourth-order valence-electron chi connectivity index (χ4n) is 6.60. The van der Waals surface area contributed by atoms with E-state index in [1.165, 1.54) is 0 Å². The highest BCUT2D eigenvalue weighted by Gasteiger charge is 2.67. The minimum absolute atomic E-state index is 0.0730. The highest BCUT2D eigenvalue weighted by Crippen LogP contribution is 2.36. The Morgan fingerprint density at radius 3 is 1.18 bits per heavy atom. The molecule has 0 aromatic heterocycles. The lowest BCUT2D eigenvalue weighted by atomic mass is 9.67. The van der Waals surface area contributed by atoms with Gasteiger partial charge in [-0.05, 0) is 25.7 Å². The quantitative estimate of drug-likeness (QED) is 0.0370. The van der Waals surface area contributed by atoms with Crippen LogP contribution in [0.1, 0.15) is 207 Å². The molecule has 0 bridgehead atoms. The van der Waals surface area contributed by atoms with Crippen LogP contribution in [0.5, 0.6) is 0 Å². The molecule has 0 aliphatic heterocycles. The molecule has 9 nitrogen and oxygen atoms in total. The molecule has 0 fully saturated rings. The SMILES string of the molecule is CCCCCCCCC(=O)OC[C@@H](O)[C@@](O)(C(=O)CCCCCCCC)[C@](O)(C(=O)CCCCCCCC)C(O)C(=O)CCCCCCCC. The highest BCUT2D eigenvalue weighted by atomic mass is 16.5. The Hall–Kier alpha value is -1.68. The van der Waals surface area contributed by atoms with Crippen LogP contribution in [0, 0.1) is 0 Å². The van der Waals surface area contributed by atoms with Crippen molar-refractivity contribution in [2.45, 2.75) is 231 Å². The zero-order chi connectivity index (χ0) is 37.7. The third-order valence-electron chi connectivity index (χ3n) is 10.0. The van der Waals surface area contributed by atoms with E-state index in [4.69, 9.17) is 4.74 Å². The Bertz CT molecular complexity index is 906. The predicted octanol–water partition coefficient (Wildman–Crippen LogP) is 8.42. The van der Waals surface area contributed by atoms with Crippen LogP contribution in [-0.4, -0.2) is 73.8 Å². The van der Waals surface area contributed by atoms with Crippen molar-refractivity contribution in [2.24, 2.45) is 0 Å². The minimum Gasteiger partial charge on any atom is -0.463 e. The number of carbonyl (C=O) groups excluding carboxylic acids is 4. The Labute approximate surface area is 304 Å². The number of esters is 1. The third-order valence-corrected chi connectivity index (χ3v) is 10.0. The van der Waals surface area contributed by atoms with E-state index < -0.39 is 53.3 Å². The molecule has 4 N–H and O–H groups in total. The molecule has 0 radical (unpaired) electrons. The largest absolute Gasteiger partial charge is 0.463 e. The van der Waals surface area contributed by atoms with Gasteiger partial charge in [-0.15, -0.1) is 0 Å². The summed E-state index contributed by atoms with van der Waals surface area (Å²) in [6, 6.07) is 0. The number of ether oxygens (including phenoxy) is 1. The first-order chi connectivity index (χ1) is 24.0. The van der Waals surface area contributed by atoms with Crippen molar-refractivity contribution in [3.05, 3.63) is 0 Å². The molecule has 0 rings (SSSR count). The van der Waals surface area contributed by atoms with Gasteiger partial charge in [-0.25, -0.2) is 0 Å². The summed E-state index contributed by atoms with van der Waals surface area (Å²) in [4.78, 5) is 53.9. The molecule has 0 amide bonds. The van der Waals surface area contributed by atoms with Crippen LogP contribution in [-0.2, 0) is 23.9 Å². The van der Waals surface area contributed by atoms with Crippen LogP contribution in [0.15, 0.2) is 0 Å². The van der Waals surface area contributed by atoms with Crippen molar-refractivity contribution in [1.29, 1.82) is 0 Å². The van der Waals surface area contributed by atoms with Gasteiger partial charge in [-0.3, -0.25) is 19.2 Å². The zero-order valence-corrected chi connectivity index (χ0v) is 32.5. The fourth-order valence-corrected chi connectivity index (χ4v) is 6.60. The van der Waals surface area contributed by atoms with Crippen molar-refractivity contribution < 1.29 is 44.3 Å². The Morgan fingerprint density at radius 2 is 0.780 bits per heavy atom. The fraction of sp³-hybridized carbons (Fsp3) is 0.902. The first-order valence-corrected chi connectivity index (χ1v) is 20.5. The van der Waals surface area contributed by atoms with Crippen LogP contribution in [0.2, 0.25) is 0 Å². The van der Waals surface area contributed by atoms with Gasteiger partial charge >= 0.3 is 5.97 Å². The topological polar surface area (TPSA) is 158 Å². The second-order valence-electron chi connectivity index (χ2n) is 14.5. The number of unbranched alkanes of at least 4 members (excludes halogenated alkanes) is 20. The maximum atomic E-state index is 13.9. The standard InChI is InChI=1S/C41H76O9/c1-5-9-13-17-21-25-29-34(42)39(47)41(49,36(44)31-27-23-19-15-11-7-3)40(48,35(43)30-26-22-18-14-10-6-2)37(45)33-50-38(46)32-28-24-20-16-12-8-4/h37,39,45,47-49H,5-33H2,1-4H3/t37-,39?,40+,41+/m1/s1. The van der Waals surface area contributed by atoms with E-state index in [1.54, 1.807) is 0 Å². The van der Waals surface area contributed by atoms with Gasteiger partial charge in [0.05, 0.1) is 0 Å². The van der Waals surface area contributed by atoms with Gasteiger partial charge in [-0.1, -0.05) is 156 Å². The summed E-state index contributed by atoms with van der Waals surface area (Å²) >= 11 is 0. The van der Waals surface area contributed by atoms with Crippen LogP contribution in [0.25, 0.3) is 0 Å². The molecule has 0 aliphatic rings. The summed E-state index contributed by atoms with van der Waals surface area (Å²) in [6.07, 6.45) is 15.2. The van der Waals surface area contributed by atoms with E-state index >= 15 is 0 Å². The molecule has 0 heterocycles. The summed E-state index contributed by atoms with van der Waals surface area (Å²) in [6.45, 7) is 7.53. The van der Waals surface area contributed by atoms with Gasteiger partial charge in [0.2, 0.25) is 0 Å². The summed E-state index contributed by atoms with van der Waals surface area (Å²) in [7, 11) is 0. The maximum absolute atomic E-state index is 13.9. The number of ketones is 3. The van der Waals surface area contributed by atoms with Crippen molar-refractivity contribution in [2.75, 3.05) is 6.61 Å². The maximum Gasteiger partial charge on any atom is 0.305 e. The molecule has 0 aromatic carbocycles. The predicted molar refractivity (Wildman–Crippen MR) is 200 cm³/mol. The number of hydrogen-bond donors (Lipinski definition) is 4. The molecule has 9 heteroatoms. The molecule has 294 valence electrons. The van der Waals surface area contributed by atoms with Gasteiger partial charge in [0, 0.05) is 25.7 Å². The number of carbonyl (C=O) groups is 4. The van der Waals surface area contributed by atoms with E-state index in [1.807, 2.05) is 0 Å². The average molecular weight is 713 g/mol. The van der Waals surface area contributed by atoms with Crippen molar-refractivity contribution in [3.8, 4) is 0 Å².